The molecule has 0 N–H and O–H groups in total. The van der Waals surface area contributed by atoms with Crippen LogP contribution in [-0.2, 0) is 0 Å². The van der Waals surface area contributed by atoms with Crippen LogP contribution in [0.5, 0.6) is 0 Å². The van der Waals surface area contributed by atoms with E-state index in [9.17, 15) is 0 Å². The molecule has 1 aliphatic rings. The van der Waals surface area contributed by atoms with Crippen molar-refractivity contribution in [3.8, 4) is 27.9 Å². The van der Waals surface area contributed by atoms with Gasteiger partial charge in [0.15, 0.2) is 0 Å². The van der Waals surface area contributed by atoms with Gasteiger partial charge in [-0.1, -0.05) is 84.9 Å². The molecule has 0 fully saturated rings. The quantitative estimate of drug-likeness (QED) is 0.185. The van der Waals surface area contributed by atoms with Gasteiger partial charge in [0.25, 0.3) is 0 Å². The maximum absolute atomic E-state index is 6.50. The normalized spacial score (nSPS) is 12.3. The predicted molar refractivity (Wildman–Crippen MR) is 212 cm³/mol. The third kappa shape index (κ3) is 3.96. The lowest BCUT2D eigenvalue weighted by Crippen LogP contribution is -2.10. The van der Waals surface area contributed by atoms with E-state index in [1.807, 2.05) is 19.1 Å². The molecule has 11 rings (SSSR count). The van der Waals surface area contributed by atoms with E-state index in [4.69, 9.17) is 8.83 Å². The van der Waals surface area contributed by atoms with Gasteiger partial charge in [0.1, 0.15) is 22.5 Å². The van der Waals surface area contributed by atoms with Crippen LogP contribution in [0.3, 0.4) is 0 Å². The number of allylic oxidation sites excluding steroid dienone is 1. The second kappa shape index (κ2) is 10.6. The molecule has 0 saturated heterocycles. The van der Waals surface area contributed by atoms with Crippen molar-refractivity contribution in [2.75, 3.05) is 4.90 Å². The molecular formula is C47H30N2O2. The lowest BCUT2D eigenvalue weighted by Gasteiger charge is -2.26. The second-order valence-corrected chi connectivity index (χ2v) is 13.2. The number of rotatable bonds is 5. The van der Waals surface area contributed by atoms with E-state index in [0.29, 0.717) is 0 Å². The molecule has 0 radical (unpaired) electrons. The average Bonchev–Trinajstić information content (AvgIpc) is 3.82. The third-order valence-corrected chi connectivity index (χ3v) is 10.4. The summed E-state index contributed by atoms with van der Waals surface area (Å²) >= 11 is 0. The first-order valence-corrected chi connectivity index (χ1v) is 17.4. The highest BCUT2D eigenvalue weighted by Crippen LogP contribution is 2.52. The fraction of sp³-hybridized carbons (Fsp3) is 0.0213. The number of hydrogen-bond acceptors (Lipinski definition) is 3. The van der Waals surface area contributed by atoms with Gasteiger partial charge in [-0.2, -0.15) is 0 Å². The molecule has 0 unspecified atom stereocenters. The predicted octanol–water partition coefficient (Wildman–Crippen LogP) is 13.6. The second-order valence-electron chi connectivity index (χ2n) is 13.2. The van der Waals surface area contributed by atoms with Crippen molar-refractivity contribution in [3.05, 3.63) is 163 Å². The summed E-state index contributed by atoms with van der Waals surface area (Å²) < 4.78 is 15.3. The molecule has 0 saturated carbocycles. The van der Waals surface area contributed by atoms with Crippen molar-refractivity contribution < 1.29 is 8.83 Å². The lowest BCUT2D eigenvalue weighted by atomic mass is 9.97. The third-order valence-electron chi connectivity index (χ3n) is 10.4. The molecule has 4 nitrogen and oxygen atoms in total. The van der Waals surface area contributed by atoms with Gasteiger partial charge in [-0.15, -0.1) is 0 Å². The minimum Gasteiger partial charge on any atom is -0.456 e. The standard InChI is InChI=1S/C47H30N2O2/c1-2-12-41-47-37-20-10-22-39-45(37)44-35(36-19-11-24-42(51-41)46(36)47)18-9-21-38(44)49(39)31-16-8-15-30(27-31)48(29-13-4-3-5-14-29)32-25-26-34-33-17-6-7-23-40(33)50-43(34)28-32/h2-28H,1H3/b12-2-. The van der Waals surface area contributed by atoms with Crippen molar-refractivity contribution >= 4 is 77.9 Å². The van der Waals surface area contributed by atoms with Crippen molar-refractivity contribution in [1.29, 1.82) is 0 Å². The van der Waals surface area contributed by atoms with E-state index in [0.717, 1.165) is 67.1 Å². The number of aromatic nitrogens is 1. The summed E-state index contributed by atoms with van der Waals surface area (Å²) in [6.45, 7) is 2.04. The lowest BCUT2D eigenvalue weighted by molar-refractivity contribution is 0.605. The maximum Gasteiger partial charge on any atom is 0.137 e. The van der Waals surface area contributed by atoms with Crippen LogP contribution in [0.4, 0.5) is 17.1 Å². The fourth-order valence-electron chi connectivity index (χ4n) is 8.40. The molecule has 0 atom stereocenters. The van der Waals surface area contributed by atoms with Gasteiger partial charge < -0.3 is 18.3 Å². The summed E-state index contributed by atoms with van der Waals surface area (Å²) in [5.41, 5.74) is 14.0. The van der Waals surface area contributed by atoms with E-state index < -0.39 is 0 Å². The molecule has 3 heterocycles. The van der Waals surface area contributed by atoms with Crippen molar-refractivity contribution in [2.45, 2.75) is 6.92 Å². The van der Waals surface area contributed by atoms with Crippen LogP contribution in [0.25, 0.3) is 88.7 Å². The van der Waals surface area contributed by atoms with E-state index in [1.165, 1.54) is 38.4 Å². The van der Waals surface area contributed by atoms with Crippen LogP contribution in [0.15, 0.2) is 167 Å². The summed E-state index contributed by atoms with van der Waals surface area (Å²) in [4.78, 5) is 2.31. The fourth-order valence-corrected chi connectivity index (χ4v) is 8.40. The molecule has 0 bridgehead atoms. The van der Waals surface area contributed by atoms with Gasteiger partial charge in [-0.25, -0.2) is 0 Å². The summed E-state index contributed by atoms with van der Waals surface area (Å²) in [7, 11) is 0. The molecule has 3 aromatic heterocycles. The van der Waals surface area contributed by atoms with E-state index in [2.05, 4.69) is 161 Å². The van der Waals surface area contributed by atoms with Crippen LogP contribution < -0.4 is 4.90 Å². The molecular weight excluding hydrogens is 625 g/mol. The topological polar surface area (TPSA) is 34.5 Å². The summed E-state index contributed by atoms with van der Waals surface area (Å²) in [6, 6.07) is 54.0. The molecule has 0 aliphatic heterocycles. The zero-order valence-corrected chi connectivity index (χ0v) is 27.8. The molecule has 51 heavy (non-hydrogen) atoms. The van der Waals surface area contributed by atoms with Crippen LogP contribution in [-0.4, -0.2) is 4.57 Å². The monoisotopic (exact) mass is 654 g/mol. The number of anilines is 3. The number of para-hydroxylation sites is 2. The van der Waals surface area contributed by atoms with Crippen LogP contribution >= 0.6 is 0 Å². The zero-order chi connectivity index (χ0) is 33.6. The first-order valence-electron chi connectivity index (χ1n) is 17.4. The Labute approximate surface area is 293 Å². The Balaban J connectivity index is 1.16. The number of hydrogen-bond donors (Lipinski definition) is 0. The molecule has 7 aromatic carbocycles. The van der Waals surface area contributed by atoms with Gasteiger partial charge in [0.05, 0.1) is 11.0 Å². The van der Waals surface area contributed by atoms with Crippen molar-refractivity contribution in [1.82, 2.24) is 4.57 Å². The van der Waals surface area contributed by atoms with Gasteiger partial charge in [-0.3, -0.25) is 0 Å². The molecule has 1 aliphatic carbocycles. The molecule has 240 valence electrons. The highest BCUT2D eigenvalue weighted by molar-refractivity contribution is 6.27. The van der Waals surface area contributed by atoms with Crippen molar-refractivity contribution in [2.24, 2.45) is 0 Å². The van der Waals surface area contributed by atoms with Gasteiger partial charge in [0.2, 0.25) is 0 Å². The number of benzene rings is 7. The Morgan fingerprint density at radius 3 is 1.98 bits per heavy atom. The van der Waals surface area contributed by atoms with Gasteiger partial charge in [0, 0.05) is 61.3 Å². The van der Waals surface area contributed by atoms with E-state index >= 15 is 0 Å². The number of fused-ring (bicyclic) bond motifs is 5. The zero-order valence-electron chi connectivity index (χ0n) is 27.8. The Morgan fingerprint density at radius 1 is 0.490 bits per heavy atom. The first-order chi connectivity index (χ1) is 25.3. The summed E-state index contributed by atoms with van der Waals surface area (Å²) in [6.07, 6.45) is 4.15. The largest absolute Gasteiger partial charge is 0.456 e. The number of nitrogens with zero attached hydrogens (tertiary/aromatic N) is 2. The van der Waals surface area contributed by atoms with Crippen LogP contribution in [0.2, 0.25) is 0 Å². The molecule has 4 heteroatoms. The maximum atomic E-state index is 6.50. The van der Waals surface area contributed by atoms with Crippen LogP contribution in [0.1, 0.15) is 12.7 Å². The van der Waals surface area contributed by atoms with Gasteiger partial charge in [-0.05, 0) is 96.4 Å². The van der Waals surface area contributed by atoms with Crippen LogP contribution in [0, 0.1) is 0 Å². The molecule has 0 amide bonds. The molecule has 10 aromatic rings. The average molecular weight is 655 g/mol. The summed E-state index contributed by atoms with van der Waals surface area (Å²) in [5.74, 6) is 0.892. The Bertz CT molecular complexity index is 3050. The highest BCUT2D eigenvalue weighted by atomic mass is 16.3. The smallest absolute Gasteiger partial charge is 0.137 e. The summed E-state index contributed by atoms with van der Waals surface area (Å²) in [5, 5.41) is 5.92. The minimum absolute atomic E-state index is 0.869. The minimum atomic E-state index is 0.869. The Hall–Kier alpha value is -6.78. The SMILES string of the molecule is C/C=C\c1oc2cccc3c2c1-c1cccc2c1c1c-3cccc1n2-c1cccc(N(c2ccccc2)c2ccc3c(c2)oc2ccccc23)c1. The highest BCUT2D eigenvalue weighted by Gasteiger charge is 2.28. The Kier molecular flexibility index (Phi) is 5.84. The Morgan fingerprint density at radius 2 is 1.14 bits per heavy atom. The van der Waals surface area contributed by atoms with E-state index in [1.54, 1.807) is 0 Å². The van der Waals surface area contributed by atoms with Gasteiger partial charge >= 0.3 is 0 Å². The molecule has 0 spiro atoms. The number of furan rings is 2. The van der Waals surface area contributed by atoms with Crippen molar-refractivity contribution in [3.63, 3.8) is 0 Å². The first kappa shape index (κ1) is 28.1. The van der Waals surface area contributed by atoms with E-state index in [-0.39, 0.29) is 0 Å².